The largest absolute Gasteiger partial charge is 0.416 e. The Morgan fingerprint density at radius 1 is 0.613 bits per heavy atom. The second-order valence-electron chi connectivity index (χ2n) is 9.15. The molecule has 0 nitrogen and oxygen atoms in total. The minimum absolute atomic E-state index is 0.348. The molecular formula is C25H22F6. The lowest BCUT2D eigenvalue weighted by Gasteiger charge is -2.41. The number of halogens is 6. The van der Waals surface area contributed by atoms with Crippen molar-refractivity contribution in [3.63, 3.8) is 0 Å². The molecule has 2 aromatic carbocycles. The summed E-state index contributed by atoms with van der Waals surface area (Å²) in [5.41, 5.74) is 2.35. The van der Waals surface area contributed by atoms with Gasteiger partial charge in [-0.2, -0.15) is 26.3 Å². The van der Waals surface area contributed by atoms with Gasteiger partial charge in [0, 0.05) is 11.8 Å². The highest BCUT2D eigenvalue weighted by Gasteiger charge is 2.46. The van der Waals surface area contributed by atoms with Crippen LogP contribution in [0.4, 0.5) is 26.3 Å². The molecule has 0 aliphatic heterocycles. The molecule has 2 aliphatic rings. The Kier molecular flexibility index (Phi) is 4.73. The molecule has 4 rings (SSSR count). The van der Waals surface area contributed by atoms with Gasteiger partial charge in [0.05, 0.1) is 11.1 Å². The predicted octanol–water partition coefficient (Wildman–Crippen LogP) is 8.45. The molecule has 2 aromatic rings. The third-order valence-electron chi connectivity index (χ3n) is 6.62. The average molecular weight is 436 g/mol. The van der Waals surface area contributed by atoms with Crippen LogP contribution >= 0.6 is 0 Å². The van der Waals surface area contributed by atoms with E-state index in [1.165, 1.54) is 24.3 Å². The van der Waals surface area contributed by atoms with Crippen molar-refractivity contribution in [1.82, 2.24) is 0 Å². The number of allylic oxidation sites excluding steroid dienone is 2. The van der Waals surface area contributed by atoms with E-state index in [4.69, 9.17) is 0 Å². The smallest absolute Gasteiger partial charge is 0.166 e. The molecule has 0 saturated carbocycles. The number of rotatable bonds is 2. The molecule has 6 heteroatoms. The van der Waals surface area contributed by atoms with Gasteiger partial charge >= 0.3 is 12.4 Å². The summed E-state index contributed by atoms with van der Waals surface area (Å²) in [5.74, 6) is -0.697. The predicted molar refractivity (Wildman–Crippen MR) is 109 cm³/mol. The minimum atomic E-state index is -4.46. The van der Waals surface area contributed by atoms with E-state index in [0.29, 0.717) is 11.1 Å². The van der Waals surface area contributed by atoms with Crippen LogP contribution in [0.25, 0.3) is 12.2 Å². The van der Waals surface area contributed by atoms with Crippen molar-refractivity contribution >= 4 is 12.2 Å². The summed E-state index contributed by atoms with van der Waals surface area (Å²) in [6.45, 7) is 7.62. The van der Waals surface area contributed by atoms with E-state index in [-0.39, 0.29) is 11.8 Å². The van der Waals surface area contributed by atoms with Crippen molar-refractivity contribution in [2.24, 2.45) is 5.41 Å². The Hall–Kier alpha value is -2.50. The molecule has 0 bridgehead atoms. The molecule has 2 aliphatic carbocycles. The molecule has 0 amide bonds. The summed E-state index contributed by atoms with van der Waals surface area (Å²) < 4.78 is 80.2. The lowest BCUT2D eigenvalue weighted by atomic mass is 9.62. The highest BCUT2D eigenvalue weighted by molar-refractivity contribution is 5.71. The highest BCUT2D eigenvalue weighted by atomic mass is 19.4. The van der Waals surface area contributed by atoms with Gasteiger partial charge in [0.15, 0.2) is 0 Å². The fourth-order valence-electron chi connectivity index (χ4n) is 5.55. The topological polar surface area (TPSA) is 0 Å². The monoisotopic (exact) mass is 436 g/mol. The van der Waals surface area contributed by atoms with Crippen LogP contribution < -0.4 is 0 Å². The molecule has 0 heterocycles. The van der Waals surface area contributed by atoms with Crippen molar-refractivity contribution in [3.8, 4) is 0 Å². The van der Waals surface area contributed by atoms with Crippen LogP contribution in [0.1, 0.15) is 72.9 Å². The standard InChI is InChI=1S/C25H22F6/c1-13-9-15-5-7-17(24(26,27)28)11-19(15)21(13)23(3,4)22-14(2)10-16-6-8-18(12-20(16)22)25(29,30)31/h5-12,21-22H,1-4H3. The van der Waals surface area contributed by atoms with Crippen LogP contribution in [0.2, 0.25) is 0 Å². The van der Waals surface area contributed by atoms with E-state index in [1.807, 2.05) is 39.8 Å². The molecule has 0 N–H and O–H groups in total. The molecular weight excluding hydrogens is 414 g/mol. The van der Waals surface area contributed by atoms with E-state index in [9.17, 15) is 26.3 Å². The molecule has 2 unspecified atom stereocenters. The Balaban J connectivity index is 1.83. The summed E-state index contributed by atoms with van der Waals surface area (Å²) in [7, 11) is 0. The Bertz CT molecular complexity index is 1020. The fourth-order valence-corrected chi connectivity index (χ4v) is 5.55. The fraction of sp³-hybridized carbons (Fsp3) is 0.360. The molecule has 0 radical (unpaired) electrons. The normalized spacial score (nSPS) is 21.0. The molecule has 164 valence electrons. The van der Waals surface area contributed by atoms with Crippen LogP contribution in [0.5, 0.6) is 0 Å². The van der Waals surface area contributed by atoms with E-state index in [0.717, 1.165) is 34.4 Å². The van der Waals surface area contributed by atoms with Gasteiger partial charge in [0.1, 0.15) is 0 Å². The van der Waals surface area contributed by atoms with Crippen molar-refractivity contribution < 1.29 is 26.3 Å². The van der Waals surface area contributed by atoms with E-state index in [2.05, 4.69) is 0 Å². The minimum Gasteiger partial charge on any atom is -0.166 e. The third kappa shape index (κ3) is 3.50. The summed E-state index contributed by atoms with van der Waals surface area (Å²) in [6, 6.07) is 7.48. The summed E-state index contributed by atoms with van der Waals surface area (Å²) in [5, 5.41) is 0. The van der Waals surface area contributed by atoms with Crippen LogP contribution in [0, 0.1) is 5.41 Å². The van der Waals surface area contributed by atoms with Crippen LogP contribution in [0.15, 0.2) is 47.5 Å². The first-order chi connectivity index (χ1) is 14.2. The molecule has 0 spiro atoms. The van der Waals surface area contributed by atoms with Crippen molar-refractivity contribution in [1.29, 1.82) is 0 Å². The number of benzene rings is 2. The zero-order valence-electron chi connectivity index (χ0n) is 17.5. The van der Waals surface area contributed by atoms with Gasteiger partial charge in [-0.3, -0.25) is 0 Å². The van der Waals surface area contributed by atoms with Crippen LogP contribution in [-0.2, 0) is 12.4 Å². The van der Waals surface area contributed by atoms with Gasteiger partial charge in [-0.1, -0.05) is 49.3 Å². The van der Waals surface area contributed by atoms with Gasteiger partial charge in [-0.05, 0) is 65.8 Å². The molecule has 0 aromatic heterocycles. The average Bonchev–Trinajstić information content (AvgIpc) is 3.14. The number of hydrogen-bond acceptors (Lipinski definition) is 0. The maximum Gasteiger partial charge on any atom is 0.416 e. The van der Waals surface area contributed by atoms with Crippen molar-refractivity contribution in [3.05, 3.63) is 80.9 Å². The first-order valence-corrected chi connectivity index (χ1v) is 10.00. The molecule has 31 heavy (non-hydrogen) atoms. The second-order valence-corrected chi connectivity index (χ2v) is 9.15. The quantitative estimate of drug-likeness (QED) is 0.414. The van der Waals surface area contributed by atoms with Gasteiger partial charge in [0.25, 0.3) is 0 Å². The van der Waals surface area contributed by atoms with Gasteiger partial charge in [-0.15, -0.1) is 0 Å². The zero-order chi connectivity index (χ0) is 22.9. The van der Waals surface area contributed by atoms with E-state index in [1.54, 1.807) is 0 Å². The maximum absolute atomic E-state index is 13.4. The summed E-state index contributed by atoms with van der Waals surface area (Å²) in [4.78, 5) is 0. The Morgan fingerprint density at radius 2 is 0.968 bits per heavy atom. The zero-order valence-corrected chi connectivity index (χ0v) is 17.5. The van der Waals surface area contributed by atoms with Gasteiger partial charge in [-0.25, -0.2) is 0 Å². The van der Waals surface area contributed by atoms with Crippen LogP contribution in [-0.4, -0.2) is 0 Å². The van der Waals surface area contributed by atoms with Gasteiger partial charge in [0.2, 0.25) is 0 Å². The Morgan fingerprint density at radius 3 is 1.29 bits per heavy atom. The Labute approximate surface area is 177 Å². The van der Waals surface area contributed by atoms with Crippen LogP contribution in [0.3, 0.4) is 0 Å². The number of fused-ring (bicyclic) bond motifs is 2. The first-order valence-electron chi connectivity index (χ1n) is 10.00. The SMILES string of the molecule is CC1=Cc2ccc(C(F)(F)F)cc2C1C(C)(C)C1C(C)=Cc2ccc(C(F)(F)F)cc21. The van der Waals surface area contributed by atoms with E-state index >= 15 is 0 Å². The highest BCUT2D eigenvalue weighted by Crippen LogP contribution is 2.58. The van der Waals surface area contributed by atoms with Crippen molar-refractivity contribution in [2.45, 2.75) is 51.9 Å². The molecule has 0 fully saturated rings. The van der Waals surface area contributed by atoms with E-state index < -0.39 is 28.9 Å². The molecule has 2 atom stereocenters. The third-order valence-corrected chi connectivity index (χ3v) is 6.62. The second kappa shape index (κ2) is 6.75. The summed E-state index contributed by atoms with van der Waals surface area (Å²) >= 11 is 0. The molecule has 0 saturated heterocycles. The number of alkyl halides is 6. The lowest BCUT2D eigenvalue weighted by Crippen LogP contribution is -2.30. The maximum atomic E-state index is 13.4. The number of hydrogen-bond donors (Lipinski definition) is 0. The lowest BCUT2D eigenvalue weighted by molar-refractivity contribution is -0.138. The van der Waals surface area contributed by atoms with Crippen molar-refractivity contribution in [2.75, 3.05) is 0 Å². The summed E-state index contributed by atoms with van der Waals surface area (Å²) in [6.07, 6.45) is -5.17. The first kappa shape index (κ1) is 21.7. The van der Waals surface area contributed by atoms with Gasteiger partial charge < -0.3 is 0 Å².